The van der Waals surface area contributed by atoms with Gasteiger partial charge in [-0.3, -0.25) is 9.69 Å². The number of carbonyl (C=O) groups is 1. The van der Waals surface area contributed by atoms with Gasteiger partial charge >= 0.3 is 0 Å². The Morgan fingerprint density at radius 3 is 2.75 bits per heavy atom. The molecule has 5 rings (SSSR count). The third-order valence-electron chi connectivity index (χ3n) is 5.70. The normalized spacial score (nSPS) is 16.3. The lowest BCUT2D eigenvalue weighted by Gasteiger charge is -2.29. The molecular formula is C26H22BrNO4. The molecule has 0 aromatic heterocycles. The molecule has 0 atom stereocenters. The van der Waals surface area contributed by atoms with Crippen molar-refractivity contribution in [3.63, 3.8) is 0 Å². The van der Waals surface area contributed by atoms with Crippen LogP contribution in [0, 0.1) is 0 Å². The van der Waals surface area contributed by atoms with Crippen molar-refractivity contribution in [3.05, 3.63) is 93.1 Å². The summed E-state index contributed by atoms with van der Waals surface area (Å²) in [5.41, 5.74) is 3.65. The first kappa shape index (κ1) is 20.8. The first-order chi connectivity index (χ1) is 15.6. The van der Waals surface area contributed by atoms with Crippen LogP contribution in [0.2, 0.25) is 0 Å². The van der Waals surface area contributed by atoms with Gasteiger partial charge in [-0.25, -0.2) is 0 Å². The van der Waals surface area contributed by atoms with E-state index >= 15 is 0 Å². The Hall–Kier alpha value is -3.09. The van der Waals surface area contributed by atoms with Gasteiger partial charge in [0.25, 0.3) is 0 Å². The van der Waals surface area contributed by atoms with Gasteiger partial charge < -0.3 is 14.2 Å². The summed E-state index contributed by atoms with van der Waals surface area (Å²) < 4.78 is 18.2. The van der Waals surface area contributed by atoms with E-state index in [9.17, 15) is 4.79 Å². The van der Waals surface area contributed by atoms with Crippen molar-refractivity contribution >= 4 is 27.8 Å². The molecule has 0 saturated heterocycles. The van der Waals surface area contributed by atoms with Gasteiger partial charge in [-0.15, -0.1) is 0 Å². The molecule has 2 heterocycles. The molecular weight excluding hydrogens is 470 g/mol. The topological polar surface area (TPSA) is 48.0 Å². The Morgan fingerprint density at radius 2 is 1.97 bits per heavy atom. The molecule has 0 radical (unpaired) electrons. The maximum atomic E-state index is 12.9. The minimum Gasteiger partial charge on any atom is -0.497 e. The van der Waals surface area contributed by atoms with Gasteiger partial charge in [-0.1, -0.05) is 40.2 Å². The molecule has 5 nitrogen and oxygen atoms in total. The van der Waals surface area contributed by atoms with Crippen molar-refractivity contribution in [2.24, 2.45) is 0 Å². The molecule has 0 spiro atoms. The Balaban J connectivity index is 1.33. The van der Waals surface area contributed by atoms with E-state index in [1.165, 1.54) is 5.56 Å². The largest absolute Gasteiger partial charge is 0.497 e. The lowest BCUT2D eigenvalue weighted by molar-refractivity contribution is 0.0949. The SMILES string of the molecule is COc1ccc(CCN2COc3ccc4c(c3C2)O/C(=C\c2cccc(Br)c2)C4=O)cc1. The highest BCUT2D eigenvalue weighted by molar-refractivity contribution is 9.10. The third kappa shape index (κ3) is 4.16. The number of fused-ring (bicyclic) bond motifs is 3. The van der Waals surface area contributed by atoms with Gasteiger partial charge in [0.1, 0.15) is 24.0 Å². The number of rotatable bonds is 5. The predicted molar refractivity (Wildman–Crippen MR) is 126 cm³/mol. The van der Waals surface area contributed by atoms with Crippen LogP contribution in [0.1, 0.15) is 27.0 Å². The van der Waals surface area contributed by atoms with Crippen LogP contribution >= 0.6 is 15.9 Å². The number of ketones is 1. The molecule has 0 amide bonds. The summed E-state index contributed by atoms with van der Waals surface area (Å²) in [4.78, 5) is 15.2. The smallest absolute Gasteiger partial charge is 0.231 e. The van der Waals surface area contributed by atoms with Crippen molar-refractivity contribution in [1.82, 2.24) is 4.90 Å². The summed E-state index contributed by atoms with van der Waals surface area (Å²) in [5, 5.41) is 0. The van der Waals surface area contributed by atoms with E-state index < -0.39 is 0 Å². The fourth-order valence-electron chi connectivity index (χ4n) is 3.97. The van der Waals surface area contributed by atoms with Crippen LogP contribution in [0.3, 0.4) is 0 Å². The number of Topliss-reactive ketones (excluding diaryl/α,β-unsaturated/α-hetero) is 1. The Kier molecular flexibility index (Phi) is 5.72. The van der Waals surface area contributed by atoms with Gasteiger partial charge in [-0.2, -0.15) is 0 Å². The molecule has 162 valence electrons. The molecule has 0 N–H and O–H groups in total. The maximum absolute atomic E-state index is 12.9. The van der Waals surface area contributed by atoms with Gasteiger partial charge in [-0.05, 0) is 60.0 Å². The highest BCUT2D eigenvalue weighted by atomic mass is 79.9. The predicted octanol–water partition coefficient (Wildman–Crippen LogP) is 5.47. The van der Waals surface area contributed by atoms with E-state index in [-0.39, 0.29) is 5.78 Å². The highest BCUT2D eigenvalue weighted by Crippen LogP contribution is 2.42. The van der Waals surface area contributed by atoms with Gasteiger partial charge in [0.15, 0.2) is 5.76 Å². The fraction of sp³-hybridized carbons (Fsp3) is 0.192. The zero-order chi connectivity index (χ0) is 22.1. The number of carbonyl (C=O) groups excluding carboxylic acids is 1. The maximum Gasteiger partial charge on any atom is 0.231 e. The molecule has 2 aliphatic heterocycles. The number of benzene rings is 3. The molecule has 0 aliphatic carbocycles. The molecule has 2 aliphatic rings. The Morgan fingerprint density at radius 1 is 1.12 bits per heavy atom. The Labute approximate surface area is 195 Å². The van der Waals surface area contributed by atoms with Crippen LogP contribution in [0.4, 0.5) is 0 Å². The van der Waals surface area contributed by atoms with Crippen molar-refractivity contribution in [2.45, 2.75) is 13.0 Å². The van der Waals surface area contributed by atoms with E-state index in [1.807, 2.05) is 42.5 Å². The minimum absolute atomic E-state index is 0.0990. The molecule has 6 heteroatoms. The number of halogens is 1. The quantitative estimate of drug-likeness (QED) is 0.443. The zero-order valence-corrected chi connectivity index (χ0v) is 19.2. The first-order valence-electron chi connectivity index (χ1n) is 10.4. The first-order valence-corrected chi connectivity index (χ1v) is 11.2. The molecule has 0 fully saturated rings. The van der Waals surface area contributed by atoms with Crippen LogP contribution in [0.15, 0.2) is 70.9 Å². The van der Waals surface area contributed by atoms with Crippen LogP contribution < -0.4 is 14.2 Å². The fourth-order valence-corrected chi connectivity index (χ4v) is 4.39. The van der Waals surface area contributed by atoms with Gasteiger partial charge in [0.2, 0.25) is 5.78 Å². The number of allylic oxidation sites excluding steroid dienone is 1. The van der Waals surface area contributed by atoms with E-state index in [2.05, 4.69) is 33.0 Å². The third-order valence-corrected chi connectivity index (χ3v) is 6.20. The Bertz CT molecular complexity index is 1200. The van der Waals surface area contributed by atoms with Gasteiger partial charge in [0.05, 0.1) is 18.2 Å². The number of hydrogen-bond acceptors (Lipinski definition) is 5. The second-order valence-corrected chi connectivity index (χ2v) is 8.75. The second kappa shape index (κ2) is 8.81. The zero-order valence-electron chi connectivity index (χ0n) is 17.6. The second-order valence-electron chi connectivity index (χ2n) is 7.84. The number of hydrogen-bond donors (Lipinski definition) is 0. The highest BCUT2D eigenvalue weighted by Gasteiger charge is 2.33. The summed E-state index contributed by atoms with van der Waals surface area (Å²) in [6, 6.07) is 19.5. The average Bonchev–Trinajstić information content (AvgIpc) is 3.13. The standard InChI is InChI=1S/C26H22BrNO4/c1-30-20-7-5-17(6-8-20)11-12-28-15-22-23(31-16-28)10-9-21-25(29)24(32-26(21)22)14-18-3-2-4-19(27)13-18/h2-10,13-14H,11-12,15-16H2,1H3/b24-14-. The number of ether oxygens (including phenoxy) is 3. The average molecular weight is 492 g/mol. The monoisotopic (exact) mass is 491 g/mol. The van der Waals surface area contributed by atoms with Crippen molar-refractivity contribution in [1.29, 1.82) is 0 Å². The lowest BCUT2D eigenvalue weighted by Crippen LogP contribution is -2.33. The number of methoxy groups -OCH3 is 1. The number of nitrogens with zero attached hydrogens (tertiary/aromatic N) is 1. The minimum atomic E-state index is -0.0990. The summed E-state index contributed by atoms with van der Waals surface area (Å²) in [6.45, 7) is 2.02. The van der Waals surface area contributed by atoms with Crippen LogP contribution in [-0.4, -0.2) is 31.1 Å². The summed E-state index contributed by atoms with van der Waals surface area (Å²) >= 11 is 3.47. The summed E-state index contributed by atoms with van der Waals surface area (Å²) in [7, 11) is 1.67. The molecule has 3 aromatic carbocycles. The van der Waals surface area contributed by atoms with Crippen LogP contribution in [0.25, 0.3) is 6.08 Å². The molecule has 3 aromatic rings. The molecule has 0 saturated carbocycles. The summed E-state index contributed by atoms with van der Waals surface area (Å²) in [5.74, 6) is 2.48. The van der Waals surface area contributed by atoms with Crippen molar-refractivity contribution in [3.8, 4) is 17.2 Å². The van der Waals surface area contributed by atoms with Crippen LogP contribution in [-0.2, 0) is 13.0 Å². The summed E-state index contributed by atoms with van der Waals surface area (Å²) in [6.07, 6.45) is 2.68. The van der Waals surface area contributed by atoms with E-state index in [0.29, 0.717) is 30.3 Å². The lowest BCUT2D eigenvalue weighted by atomic mass is 10.0. The van der Waals surface area contributed by atoms with Crippen molar-refractivity contribution < 1.29 is 19.0 Å². The van der Waals surface area contributed by atoms with Crippen molar-refractivity contribution in [2.75, 3.05) is 20.4 Å². The molecule has 32 heavy (non-hydrogen) atoms. The molecule has 0 unspecified atom stereocenters. The van der Waals surface area contributed by atoms with Crippen LogP contribution in [0.5, 0.6) is 17.2 Å². The van der Waals surface area contributed by atoms with E-state index in [1.54, 1.807) is 19.3 Å². The molecule has 0 bridgehead atoms. The van der Waals surface area contributed by atoms with E-state index in [0.717, 1.165) is 40.1 Å². The van der Waals surface area contributed by atoms with Gasteiger partial charge in [0, 0.05) is 17.6 Å². The van der Waals surface area contributed by atoms with E-state index in [4.69, 9.17) is 14.2 Å².